The number of rotatable bonds is 7. The molecule has 0 bridgehead atoms. The average molecular weight is 402 g/mol. The van der Waals surface area contributed by atoms with Crippen LogP contribution in [-0.4, -0.2) is 31.2 Å². The molecule has 0 aliphatic heterocycles. The van der Waals surface area contributed by atoms with Crippen LogP contribution in [0, 0.1) is 12.8 Å². The van der Waals surface area contributed by atoms with Crippen LogP contribution in [0.2, 0.25) is 5.02 Å². The minimum Gasteiger partial charge on any atom is -0.496 e. The Morgan fingerprint density at radius 3 is 2.54 bits per heavy atom. The van der Waals surface area contributed by atoms with Crippen molar-refractivity contribution >= 4 is 29.6 Å². The Labute approximate surface area is 169 Å². The summed E-state index contributed by atoms with van der Waals surface area (Å²) in [5.41, 5.74) is 4.58. The van der Waals surface area contributed by atoms with Crippen molar-refractivity contribution in [1.82, 2.24) is 10.7 Å². The van der Waals surface area contributed by atoms with Gasteiger partial charge in [-0.25, -0.2) is 5.43 Å². The molecule has 0 aromatic heterocycles. The normalized spacial score (nSPS) is 12.1. The summed E-state index contributed by atoms with van der Waals surface area (Å²) in [5.74, 6) is -0.221. The standard InChI is InChI=1S/C21H24ClN3O3/c1-13(2)19(24-20(26)16-7-5-6-8-17(16)22)21(27)25-23-12-15-10-9-14(3)18(11-15)28-4/h5-13,19H,1-4H3,(H,24,26)(H,25,27)/b23-12+. The van der Waals surface area contributed by atoms with Crippen LogP contribution in [0.15, 0.2) is 47.6 Å². The van der Waals surface area contributed by atoms with Gasteiger partial charge in [0.25, 0.3) is 11.8 Å². The molecule has 0 saturated heterocycles. The lowest BCUT2D eigenvalue weighted by Crippen LogP contribution is -2.48. The zero-order valence-electron chi connectivity index (χ0n) is 16.3. The Balaban J connectivity index is 2.05. The zero-order valence-corrected chi connectivity index (χ0v) is 17.1. The van der Waals surface area contributed by atoms with Crippen molar-refractivity contribution < 1.29 is 14.3 Å². The van der Waals surface area contributed by atoms with Crippen LogP contribution in [0.1, 0.15) is 35.3 Å². The van der Waals surface area contributed by atoms with E-state index < -0.39 is 17.9 Å². The van der Waals surface area contributed by atoms with E-state index in [0.717, 1.165) is 16.9 Å². The monoisotopic (exact) mass is 401 g/mol. The molecule has 2 amide bonds. The van der Waals surface area contributed by atoms with E-state index in [9.17, 15) is 9.59 Å². The van der Waals surface area contributed by atoms with Crippen LogP contribution < -0.4 is 15.5 Å². The van der Waals surface area contributed by atoms with Crippen LogP contribution in [0.3, 0.4) is 0 Å². The molecule has 0 saturated carbocycles. The summed E-state index contributed by atoms with van der Waals surface area (Å²) in [4.78, 5) is 25.0. The number of hydrogen-bond donors (Lipinski definition) is 2. The van der Waals surface area contributed by atoms with Crippen LogP contribution >= 0.6 is 11.6 Å². The van der Waals surface area contributed by atoms with Gasteiger partial charge in [-0.2, -0.15) is 5.10 Å². The zero-order chi connectivity index (χ0) is 20.7. The first-order valence-electron chi connectivity index (χ1n) is 8.86. The third-order valence-electron chi connectivity index (χ3n) is 4.17. The highest BCUT2D eigenvalue weighted by atomic mass is 35.5. The predicted octanol–water partition coefficient (Wildman–Crippen LogP) is 3.56. The van der Waals surface area contributed by atoms with Gasteiger partial charge in [-0.3, -0.25) is 9.59 Å². The fourth-order valence-corrected chi connectivity index (χ4v) is 2.78. The topological polar surface area (TPSA) is 79.8 Å². The highest BCUT2D eigenvalue weighted by molar-refractivity contribution is 6.33. The maximum absolute atomic E-state index is 12.5. The summed E-state index contributed by atoms with van der Waals surface area (Å²) in [6.45, 7) is 5.62. The number of carbonyl (C=O) groups is 2. The van der Waals surface area contributed by atoms with Gasteiger partial charge in [-0.05, 0) is 42.2 Å². The molecule has 0 radical (unpaired) electrons. The first kappa shape index (κ1) is 21.4. The van der Waals surface area contributed by atoms with E-state index in [1.807, 2.05) is 39.0 Å². The van der Waals surface area contributed by atoms with Gasteiger partial charge in [-0.1, -0.05) is 49.7 Å². The molecule has 1 atom stereocenters. The lowest BCUT2D eigenvalue weighted by atomic mass is 10.0. The Hall–Kier alpha value is -2.86. The highest BCUT2D eigenvalue weighted by Gasteiger charge is 2.25. The number of methoxy groups -OCH3 is 1. The van der Waals surface area contributed by atoms with Crippen LogP contribution in [-0.2, 0) is 4.79 Å². The second-order valence-corrected chi connectivity index (χ2v) is 7.05. The van der Waals surface area contributed by atoms with Crippen molar-refractivity contribution in [2.75, 3.05) is 7.11 Å². The Morgan fingerprint density at radius 1 is 1.18 bits per heavy atom. The molecule has 0 aliphatic rings. The molecule has 0 aliphatic carbocycles. The summed E-state index contributed by atoms with van der Waals surface area (Å²) < 4.78 is 5.27. The van der Waals surface area contributed by atoms with Gasteiger partial charge in [0.2, 0.25) is 0 Å². The predicted molar refractivity (Wildman–Crippen MR) is 111 cm³/mol. The Kier molecular flexibility index (Phi) is 7.58. The molecule has 2 N–H and O–H groups in total. The number of benzene rings is 2. The Bertz CT molecular complexity index is 881. The second kappa shape index (κ2) is 9.90. The molecule has 148 valence electrons. The largest absolute Gasteiger partial charge is 0.496 e. The van der Waals surface area contributed by atoms with Gasteiger partial charge in [0.1, 0.15) is 11.8 Å². The minimum absolute atomic E-state index is 0.138. The third kappa shape index (κ3) is 5.57. The first-order chi connectivity index (χ1) is 13.3. The molecule has 0 heterocycles. The van der Waals surface area contributed by atoms with E-state index in [4.69, 9.17) is 16.3 Å². The number of carbonyl (C=O) groups excluding carboxylic acids is 2. The number of hydrazone groups is 1. The number of nitrogens with one attached hydrogen (secondary N) is 2. The summed E-state index contributed by atoms with van der Waals surface area (Å²) in [5, 5.41) is 7.04. The molecule has 7 heteroatoms. The summed E-state index contributed by atoms with van der Waals surface area (Å²) >= 11 is 6.05. The summed E-state index contributed by atoms with van der Waals surface area (Å²) in [6, 6.07) is 11.5. The van der Waals surface area contributed by atoms with Gasteiger partial charge >= 0.3 is 0 Å². The van der Waals surface area contributed by atoms with Crippen LogP contribution in [0.5, 0.6) is 5.75 Å². The molecular formula is C21H24ClN3O3. The van der Waals surface area contributed by atoms with Crippen molar-refractivity contribution in [2.45, 2.75) is 26.8 Å². The second-order valence-electron chi connectivity index (χ2n) is 6.64. The summed E-state index contributed by atoms with van der Waals surface area (Å²) in [6.07, 6.45) is 1.52. The molecule has 0 spiro atoms. The van der Waals surface area contributed by atoms with E-state index in [2.05, 4.69) is 15.8 Å². The number of nitrogens with zero attached hydrogens (tertiary/aromatic N) is 1. The third-order valence-corrected chi connectivity index (χ3v) is 4.50. The van der Waals surface area contributed by atoms with Gasteiger partial charge in [0, 0.05) is 0 Å². The van der Waals surface area contributed by atoms with Crippen molar-refractivity contribution in [3.8, 4) is 5.75 Å². The van der Waals surface area contributed by atoms with Crippen molar-refractivity contribution in [3.05, 3.63) is 64.2 Å². The molecule has 2 aromatic carbocycles. The quantitative estimate of drug-likeness (QED) is 0.550. The SMILES string of the molecule is COc1cc(/C=N/NC(=O)C(NC(=O)c2ccccc2Cl)C(C)C)ccc1C. The lowest BCUT2D eigenvalue weighted by Gasteiger charge is -2.20. The average Bonchev–Trinajstić information content (AvgIpc) is 2.67. The van der Waals surface area contributed by atoms with E-state index >= 15 is 0 Å². The van der Waals surface area contributed by atoms with Gasteiger partial charge in [0.15, 0.2) is 0 Å². The molecule has 28 heavy (non-hydrogen) atoms. The number of halogens is 1. The fourth-order valence-electron chi connectivity index (χ4n) is 2.56. The molecule has 2 rings (SSSR count). The number of aryl methyl sites for hydroxylation is 1. The van der Waals surface area contributed by atoms with E-state index in [1.165, 1.54) is 6.21 Å². The number of hydrogen-bond acceptors (Lipinski definition) is 4. The Morgan fingerprint density at radius 2 is 1.89 bits per heavy atom. The fraction of sp³-hybridized carbons (Fsp3) is 0.286. The van der Waals surface area contributed by atoms with E-state index in [0.29, 0.717) is 10.6 Å². The molecule has 6 nitrogen and oxygen atoms in total. The van der Waals surface area contributed by atoms with Gasteiger partial charge in [0.05, 0.1) is 23.9 Å². The van der Waals surface area contributed by atoms with Crippen molar-refractivity contribution in [2.24, 2.45) is 11.0 Å². The van der Waals surface area contributed by atoms with Crippen molar-refractivity contribution in [1.29, 1.82) is 0 Å². The van der Waals surface area contributed by atoms with Crippen LogP contribution in [0.4, 0.5) is 0 Å². The highest BCUT2D eigenvalue weighted by Crippen LogP contribution is 2.18. The summed E-state index contributed by atoms with van der Waals surface area (Å²) in [7, 11) is 1.60. The lowest BCUT2D eigenvalue weighted by molar-refractivity contribution is -0.123. The van der Waals surface area contributed by atoms with E-state index in [1.54, 1.807) is 31.4 Å². The number of amides is 2. The van der Waals surface area contributed by atoms with Gasteiger partial charge in [-0.15, -0.1) is 0 Å². The first-order valence-corrected chi connectivity index (χ1v) is 9.24. The maximum atomic E-state index is 12.5. The maximum Gasteiger partial charge on any atom is 0.262 e. The molecule has 0 fully saturated rings. The van der Waals surface area contributed by atoms with Crippen molar-refractivity contribution in [3.63, 3.8) is 0 Å². The van der Waals surface area contributed by atoms with Gasteiger partial charge < -0.3 is 10.1 Å². The number of ether oxygens (including phenoxy) is 1. The van der Waals surface area contributed by atoms with Crippen LogP contribution in [0.25, 0.3) is 0 Å². The molecular weight excluding hydrogens is 378 g/mol. The molecule has 1 unspecified atom stereocenters. The smallest absolute Gasteiger partial charge is 0.262 e. The minimum atomic E-state index is -0.756. The molecule has 2 aromatic rings. The van der Waals surface area contributed by atoms with E-state index in [-0.39, 0.29) is 5.92 Å².